The highest BCUT2D eigenvalue weighted by molar-refractivity contribution is 4.72. The largest absolute Gasteiger partial charge is 0.385 e. The van der Waals surface area contributed by atoms with Crippen molar-refractivity contribution in [2.24, 2.45) is 5.92 Å². The molecule has 3 heteroatoms. The van der Waals surface area contributed by atoms with Crippen LogP contribution in [-0.2, 0) is 9.47 Å². The Morgan fingerprint density at radius 1 is 1.14 bits per heavy atom. The Hall–Kier alpha value is -0.120. The maximum Gasteiger partial charge on any atom is 0.0590 e. The first kappa shape index (κ1) is 12.0. The van der Waals surface area contributed by atoms with E-state index in [2.05, 4.69) is 5.32 Å². The number of hydrogen-bond acceptors (Lipinski definition) is 3. The molecule has 0 heterocycles. The normalized spacial score (nSPS) is 16.1. The van der Waals surface area contributed by atoms with Crippen molar-refractivity contribution >= 4 is 0 Å². The van der Waals surface area contributed by atoms with Crippen LogP contribution in [0.2, 0.25) is 0 Å². The predicted octanol–water partition coefficient (Wildman–Crippen LogP) is 1.43. The fourth-order valence-electron chi connectivity index (χ4n) is 1.37. The van der Waals surface area contributed by atoms with E-state index in [0.717, 1.165) is 45.2 Å². The summed E-state index contributed by atoms with van der Waals surface area (Å²) in [5.74, 6) is 0.990. The highest BCUT2D eigenvalue weighted by Gasteiger charge is 2.20. The number of ether oxygens (including phenoxy) is 2. The second-order valence-corrected chi connectivity index (χ2v) is 3.94. The van der Waals surface area contributed by atoms with E-state index in [1.54, 1.807) is 7.11 Å². The summed E-state index contributed by atoms with van der Waals surface area (Å²) < 4.78 is 10.4. The van der Waals surface area contributed by atoms with Crippen LogP contribution in [0.3, 0.4) is 0 Å². The van der Waals surface area contributed by atoms with Crippen molar-refractivity contribution < 1.29 is 9.47 Å². The van der Waals surface area contributed by atoms with Crippen molar-refractivity contribution in [1.82, 2.24) is 5.32 Å². The molecule has 0 aromatic rings. The molecule has 0 unspecified atom stereocenters. The lowest BCUT2D eigenvalue weighted by Gasteiger charge is -2.05. The third-order valence-electron chi connectivity index (χ3n) is 2.49. The van der Waals surface area contributed by atoms with Crippen molar-refractivity contribution in [3.05, 3.63) is 0 Å². The fraction of sp³-hybridized carbons (Fsp3) is 1.00. The van der Waals surface area contributed by atoms with Crippen LogP contribution < -0.4 is 5.32 Å². The summed E-state index contributed by atoms with van der Waals surface area (Å²) in [4.78, 5) is 0. The highest BCUT2D eigenvalue weighted by atomic mass is 16.5. The molecule has 1 aliphatic carbocycles. The minimum Gasteiger partial charge on any atom is -0.385 e. The Kier molecular flexibility index (Phi) is 7.01. The number of nitrogens with one attached hydrogen (secondary N) is 1. The Morgan fingerprint density at radius 3 is 2.71 bits per heavy atom. The summed E-state index contributed by atoms with van der Waals surface area (Å²) in [6.07, 6.45) is 5.21. The zero-order valence-electron chi connectivity index (χ0n) is 9.26. The summed E-state index contributed by atoms with van der Waals surface area (Å²) in [7, 11) is 1.74. The summed E-state index contributed by atoms with van der Waals surface area (Å²) in [6.45, 7) is 4.63. The molecule has 3 nitrogen and oxygen atoms in total. The first-order chi connectivity index (χ1) is 6.93. The summed E-state index contributed by atoms with van der Waals surface area (Å²) in [6, 6.07) is 0. The minimum absolute atomic E-state index is 0.843. The smallest absolute Gasteiger partial charge is 0.0590 e. The maximum absolute atomic E-state index is 5.50. The van der Waals surface area contributed by atoms with Crippen molar-refractivity contribution in [3.63, 3.8) is 0 Å². The first-order valence-electron chi connectivity index (χ1n) is 5.71. The van der Waals surface area contributed by atoms with Crippen molar-refractivity contribution in [1.29, 1.82) is 0 Å². The van der Waals surface area contributed by atoms with Gasteiger partial charge in [-0.3, -0.25) is 0 Å². The second-order valence-electron chi connectivity index (χ2n) is 3.94. The van der Waals surface area contributed by atoms with Gasteiger partial charge in [-0.15, -0.1) is 0 Å². The topological polar surface area (TPSA) is 30.5 Å². The highest BCUT2D eigenvalue weighted by Crippen LogP contribution is 2.31. The molecule has 1 aliphatic rings. The molecule has 0 aromatic heterocycles. The number of hydrogen-bond donors (Lipinski definition) is 1. The maximum atomic E-state index is 5.50. The van der Waals surface area contributed by atoms with Gasteiger partial charge in [-0.2, -0.15) is 0 Å². The molecule has 0 spiro atoms. The molecular weight excluding hydrogens is 178 g/mol. The Labute approximate surface area is 87.2 Å². The molecule has 1 saturated carbocycles. The van der Waals surface area contributed by atoms with Gasteiger partial charge in [0.05, 0.1) is 6.61 Å². The quantitative estimate of drug-likeness (QED) is 0.542. The van der Waals surface area contributed by atoms with E-state index in [4.69, 9.17) is 9.47 Å². The van der Waals surface area contributed by atoms with Gasteiger partial charge in [-0.1, -0.05) is 12.8 Å². The van der Waals surface area contributed by atoms with Gasteiger partial charge in [0.15, 0.2) is 0 Å². The van der Waals surface area contributed by atoms with E-state index in [-0.39, 0.29) is 0 Å². The molecule has 0 radical (unpaired) electrons. The van der Waals surface area contributed by atoms with E-state index >= 15 is 0 Å². The molecule has 0 bridgehead atoms. The van der Waals surface area contributed by atoms with E-state index in [1.165, 1.54) is 19.3 Å². The van der Waals surface area contributed by atoms with Crippen LogP contribution in [0.1, 0.15) is 25.7 Å². The van der Waals surface area contributed by atoms with Gasteiger partial charge >= 0.3 is 0 Å². The fourth-order valence-corrected chi connectivity index (χ4v) is 1.37. The SMILES string of the molecule is COCCCNCCOCCC1CC1. The van der Waals surface area contributed by atoms with Crippen LogP contribution >= 0.6 is 0 Å². The van der Waals surface area contributed by atoms with Crippen molar-refractivity contribution in [2.75, 3.05) is 40.0 Å². The third kappa shape index (κ3) is 7.30. The van der Waals surface area contributed by atoms with Crippen LogP contribution in [0.15, 0.2) is 0 Å². The van der Waals surface area contributed by atoms with Gasteiger partial charge in [0, 0.05) is 26.9 Å². The van der Waals surface area contributed by atoms with Crippen molar-refractivity contribution in [2.45, 2.75) is 25.7 Å². The summed E-state index contributed by atoms with van der Waals surface area (Å²) in [5, 5.41) is 3.32. The average molecular weight is 201 g/mol. The van der Waals surface area contributed by atoms with Gasteiger partial charge in [0.1, 0.15) is 0 Å². The van der Waals surface area contributed by atoms with Gasteiger partial charge < -0.3 is 14.8 Å². The predicted molar refractivity (Wildman–Crippen MR) is 57.5 cm³/mol. The molecule has 0 aromatic carbocycles. The molecule has 1 N–H and O–H groups in total. The zero-order chi connectivity index (χ0) is 10.1. The number of methoxy groups -OCH3 is 1. The lowest BCUT2D eigenvalue weighted by atomic mass is 10.3. The van der Waals surface area contributed by atoms with Crippen LogP contribution in [0.4, 0.5) is 0 Å². The molecule has 14 heavy (non-hydrogen) atoms. The molecule has 1 rings (SSSR count). The number of rotatable bonds is 10. The first-order valence-corrected chi connectivity index (χ1v) is 5.71. The standard InChI is InChI=1S/C11H23NO2/c1-13-8-2-6-12-7-10-14-9-5-11-3-4-11/h11-12H,2-10H2,1H3. The van der Waals surface area contributed by atoms with E-state index in [1.807, 2.05) is 0 Å². The Bertz CT molecular complexity index is 126. The van der Waals surface area contributed by atoms with Crippen LogP contribution in [0.5, 0.6) is 0 Å². The molecule has 0 aliphatic heterocycles. The monoisotopic (exact) mass is 201 g/mol. The molecule has 0 atom stereocenters. The summed E-state index contributed by atoms with van der Waals surface area (Å²) in [5.41, 5.74) is 0. The summed E-state index contributed by atoms with van der Waals surface area (Å²) >= 11 is 0. The van der Waals surface area contributed by atoms with E-state index in [9.17, 15) is 0 Å². The molecule has 84 valence electrons. The lowest BCUT2D eigenvalue weighted by molar-refractivity contribution is 0.129. The van der Waals surface area contributed by atoms with Gasteiger partial charge in [0.25, 0.3) is 0 Å². The second kappa shape index (κ2) is 8.21. The Morgan fingerprint density at radius 2 is 2.00 bits per heavy atom. The van der Waals surface area contributed by atoms with Crippen LogP contribution in [-0.4, -0.2) is 40.0 Å². The van der Waals surface area contributed by atoms with E-state index in [0.29, 0.717) is 0 Å². The lowest BCUT2D eigenvalue weighted by Crippen LogP contribution is -2.22. The third-order valence-corrected chi connectivity index (χ3v) is 2.49. The van der Waals surface area contributed by atoms with Crippen LogP contribution in [0, 0.1) is 5.92 Å². The zero-order valence-corrected chi connectivity index (χ0v) is 9.26. The molecule has 0 amide bonds. The Balaban J connectivity index is 1.63. The van der Waals surface area contributed by atoms with Gasteiger partial charge in [-0.25, -0.2) is 0 Å². The van der Waals surface area contributed by atoms with Gasteiger partial charge in [0.2, 0.25) is 0 Å². The average Bonchev–Trinajstić information content (AvgIpc) is 2.99. The van der Waals surface area contributed by atoms with Crippen LogP contribution in [0.25, 0.3) is 0 Å². The molecular formula is C11H23NO2. The van der Waals surface area contributed by atoms with E-state index < -0.39 is 0 Å². The van der Waals surface area contributed by atoms with Gasteiger partial charge in [-0.05, 0) is 25.3 Å². The molecule has 0 saturated heterocycles. The molecule has 1 fully saturated rings. The van der Waals surface area contributed by atoms with Crippen molar-refractivity contribution in [3.8, 4) is 0 Å². The minimum atomic E-state index is 0.843.